The summed E-state index contributed by atoms with van der Waals surface area (Å²) in [4.78, 5) is 0. The van der Waals surface area contributed by atoms with E-state index in [1.807, 2.05) is 6.07 Å². The zero-order chi connectivity index (χ0) is 20.5. The number of ether oxygens (including phenoxy) is 3. The Bertz CT molecular complexity index is 849. The van der Waals surface area contributed by atoms with E-state index in [1.54, 1.807) is 6.07 Å². The maximum atomic E-state index is 10.5. The molecule has 2 aliphatic rings. The van der Waals surface area contributed by atoms with Crippen molar-refractivity contribution in [3.63, 3.8) is 0 Å². The van der Waals surface area contributed by atoms with Crippen LogP contribution < -0.4 is 9.47 Å². The Morgan fingerprint density at radius 1 is 0.931 bits per heavy atom. The molecule has 29 heavy (non-hydrogen) atoms. The number of aliphatic hydroxyl groups excluding tert-OH is 4. The molecule has 7 nitrogen and oxygen atoms in total. The third-order valence-corrected chi connectivity index (χ3v) is 5.62. The molecular formula is C22H26O7. The van der Waals surface area contributed by atoms with E-state index >= 15 is 0 Å². The SMILES string of the molecule is CCc1ccc(Cc2cc([C@@H]3O[C@H](CO)C(O)[C@H](O)[C@@H]3O)cc3c2OCO3)cc1. The highest BCUT2D eigenvalue weighted by Crippen LogP contribution is 2.42. The van der Waals surface area contributed by atoms with Crippen LogP contribution in [0.3, 0.4) is 0 Å². The molecule has 0 bridgehead atoms. The van der Waals surface area contributed by atoms with Crippen LogP contribution >= 0.6 is 0 Å². The average molecular weight is 402 g/mol. The summed E-state index contributed by atoms with van der Waals surface area (Å²) in [6.07, 6.45) is -4.47. The number of hydrogen-bond donors (Lipinski definition) is 4. The van der Waals surface area contributed by atoms with Crippen molar-refractivity contribution in [2.24, 2.45) is 0 Å². The van der Waals surface area contributed by atoms with E-state index in [4.69, 9.17) is 14.2 Å². The van der Waals surface area contributed by atoms with Crippen LogP contribution in [-0.4, -0.2) is 58.2 Å². The van der Waals surface area contributed by atoms with Gasteiger partial charge in [-0.3, -0.25) is 0 Å². The smallest absolute Gasteiger partial charge is 0.231 e. The molecule has 1 saturated heterocycles. The van der Waals surface area contributed by atoms with E-state index < -0.39 is 37.1 Å². The van der Waals surface area contributed by atoms with E-state index in [1.165, 1.54) is 5.56 Å². The van der Waals surface area contributed by atoms with Crippen molar-refractivity contribution in [1.29, 1.82) is 0 Å². The summed E-state index contributed by atoms with van der Waals surface area (Å²) in [5.41, 5.74) is 3.82. The van der Waals surface area contributed by atoms with Gasteiger partial charge >= 0.3 is 0 Å². The first-order chi connectivity index (χ1) is 14.0. The van der Waals surface area contributed by atoms with Crippen molar-refractivity contribution >= 4 is 0 Å². The van der Waals surface area contributed by atoms with Gasteiger partial charge in [0, 0.05) is 12.0 Å². The molecule has 4 rings (SSSR count). The molecule has 2 aliphatic heterocycles. The first-order valence-electron chi connectivity index (χ1n) is 9.82. The second-order valence-electron chi connectivity index (χ2n) is 7.51. The fourth-order valence-corrected chi connectivity index (χ4v) is 3.89. The Labute approximate surface area is 169 Å². The van der Waals surface area contributed by atoms with Gasteiger partial charge in [-0.2, -0.15) is 0 Å². The van der Waals surface area contributed by atoms with Gasteiger partial charge in [-0.1, -0.05) is 31.2 Å². The molecule has 5 atom stereocenters. The fraction of sp³-hybridized carbons (Fsp3) is 0.455. The molecule has 0 saturated carbocycles. The van der Waals surface area contributed by atoms with Crippen molar-refractivity contribution in [2.45, 2.75) is 50.3 Å². The Morgan fingerprint density at radius 3 is 2.34 bits per heavy atom. The van der Waals surface area contributed by atoms with Gasteiger partial charge in [0.25, 0.3) is 0 Å². The van der Waals surface area contributed by atoms with Crippen LogP contribution in [0, 0.1) is 0 Å². The van der Waals surface area contributed by atoms with Crippen LogP contribution in [0.5, 0.6) is 11.5 Å². The first kappa shape index (κ1) is 20.1. The number of hydrogen-bond acceptors (Lipinski definition) is 7. The monoisotopic (exact) mass is 402 g/mol. The van der Waals surface area contributed by atoms with E-state index in [9.17, 15) is 20.4 Å². The minimum Gasteiger partial charge on any atom is -0.454 e. The topological polar surface area (TPSA) is 109 Å². The summed E-state index contributed by atoms with van der Waals surface area (Å²) >= 11 is 0. The van der Waals surface area contributed by atoms with Crippen molar-refractivity contribution in [2.75, 3.05) is 13.4 Å². The van der Waals surface area contributed by atoms with Gasteiger partial charge in [0.1, 0.15) is 30.5 Å². The molecule has 2 heterocycles. The molecule has 2 aromatic carbocycles. The zero-order valence-corrected chi connectivity index (χ0v) is 16.2. The molecular weight excluding hydrogens is 376 g/mol. The second kappa shape index (κ2) is 8.30. The Hall–Kier alpha value is -2.16. The van der Waals surface area contributed by atoms with Crippen LogP contribution in [0.25, 0.3) is 0 Å². The Kier molecular flexibility index (Phi) is 5.76. The lowest BCUT2D eigenvalue weighted by molar-refractivity contribution is -0.231. The lowest BCUT2D eigenvalue weighted by atomic mass is 9.89. The number of benzene rings is 2. The maximum absolute atomic E-state index is 10.5. The summed E-state index contributed by atoms with van der Waals surface area (Å²) in [5, 5.41) is 40.1. The van der Waals surface area contributed by atoms with Gasteiger partial charge in [0.2, 0.25) is 6.79 Å². The molecule has 0 aliphatic carbocycles. The summed E-state index contributed by atoms with van der Waals surface area (Å²) < 4.78 is 16.9. The minimum absolute atomic E-state index is 0.106. The van der Waals surface area contributed by atoms with Gasteiger partial charge in [-0.25, -0.2) is 0 Å². The minimum atomic E-state index is -1.43. The largest absolute Gasteiger partial charge is 0.454 e. The van der Waals surface area contributed by atoms with Crippen molar-refractivity contribution < 1.29 is 34.6 Å². The van der Waals surface area contributed by atoms with Gasteiger partial charge < -0.3 is 34.6 Å². The predicted octanol–water partition coefficient (Wildman–Crippen LogP) is 1.08. The number of aliphatic hydroxyl groups is 4. The van der Waals surface area contributed by atoms with Crippen LogP contribution in [-0.2, 0) is 17.6 Å². The summed E-state index contributed by atoms with van der Waals surface area (Å²) in [5.74, 6) is 1.19. The Morgan fingerprint density at radius 2 is 1.66 bits per heavy atom. The Balaban J connectivity index is 1.67. The van der Waals surface area contributed by atoms with Crippen LogP contribution in [0.1, 0.15) is 35.3 Å². The molecule has 7 heteroatoms. The van der Waals surface area contributed by atoms with Crippen molar-refractivity contribution in [1.82, 2.24) is 0 Å². The van der Waals surface area contributed by atoms with Crippen molar-refractivity contribution in [3.05, 3.63) is 58.7 Å². The molecule has 0 spiro atoms. The van der Waals surface area contributed by atoms with Gasteiger partial charge in [-0.15, -0.1) is 0 Å². The highest BCUT2D eigenvalue weighted by Gasteiger charge is 2.44. The molecule has 156 valence electrons. The van der Waals surface area contributed by atoms with Gasteiger partial charge in [-0.05, 0) is 35.2 Å². The molecule has 0 radical (unpaired) electrons. The number of aryl methyl sites for hydroxylation is 1. The fourth-order valence-electron chi connectivity index (χ4n) is 3.89. The predicted molar refractivity (Wildman–Crippen MR) is 104 cm³/mol. The van der Waals surface area contributed by atoms with Crippen LogP contribution in [0.2, 0.25) is 0 Å². The highest BCUT2D eigenvalue weighted by molar-refractivity contribution is 5.53. The van der Waals surface area contributed by atoms with Gasteiger partial charge in [0.15, 0.2) is 11.5 Å². The van der Waals surface area contributed by atoms with Gasteiger partial charge in [0.05, 0.1) is 6.61 Å². The molecule has 0 amide bonds. The lowest BCUT2D eigenvalue weighted by Gasteiger charge is -2.40. The normalized spacial score (nSPS) is 28.5. The molecule has 1 fully saturated rings. The quantitative estimate of drug-likeness (QED) is 0.593. The maximum Gasteiger partial charge on any atom is 0.231 e. The van der Waals surface area contributed by atoms with Crippen molar-refractivity contribution in [3.8, 4) is 11.5 Å². The zero-order valence-electron chi connectivity index (χ0n) is 16.2. The second-order valence-corrected chi connectivity index (χ2v) is 7.51. The molecule has 0 aromatic heterocycles. The van der Waals surface area contributed by atoms with Crippen LogP contribution in [0.4, 0.5) is 0 Å². The number of fused-ring (bicyclic) bond motifs is 1. The average Bonchev–Trinajstić information content (AvgIpc) is 3.22. The summed E-state index contributed by atoms with van der Waals surface area (Å²) in [6, 6.07) is 11.9. The summed E-state index contributed by atoms with van der Waals surface area (Å²) in [6.45, 7) is 1.74. The molecule has 2 aromatic rings. The van der Waals surface area contributed by atoms with E-state index in [0.29, 0.717) is 23.5 Å². The molecule has 4 N–H and O–H groups in total. The van der Waals surface area contributed by atoms with E-state index in [2.05, 4.69) is 31.2 Å². The standard InChI is InChI=1S/C22H26O7/c1-2-12-3-5-13(6-4-12)7-14-8-15(9-16-21(14)28-11-27-16)22-20(26)19(25)18(24)17(10-23)29-22/h3-6,8-9,17-20,22-26H,2,7,10-11H2,1H3/t17-,18?,19+,20+,22+/m1/s1. The first-order valence-corrected chi connectivity index (χ1v) is 9.82. The molecule has 1 unspecified atom stereocenters. The highest BCUT2D eigenvalue weighted by atomic mass is 16.7. The third-order valence-electron chi connectivity index (χ3n) is 5.62. The lowest BCUT2D eigenvalue weighted by Crippen LogP contribution is -2.55. The van der Waals surface area contributed by atoms with E-state index in [0.717, 1.165) is 17.5 Å². The number of rotatable bonds is 5. The summed E-state index contributed by atoms with van der Waals surface area (Å²) in [7, 11) is 0. The van der Waals surface area contributed by atoms with E-state index in [-0.39, 0.29) is 6.79 Å². The third kappa shape index (κ3) is 3.84. The van der Waals surface area contributed by atoms with Crippen LogP contribution in [0.15, 0.2) is 36.4 Å².